The van der Waals surface area contributed by atoms with Crippen LogP contribution in [0, 0.1) is 11.8 Å². The first-order valence-electron chi connectivity index (χ1n) is 13.2. The van der Waals surface area contributed by atoms with E-state index in [2.05, 4.69) is 6.92 Å². The summed E-state index contributed by atoms with van der Waals surface area (Å²) in [6, 6.07) is 14.9. The number of rotatable bonds is 9. The Morgan fingerprint density at radius 1 is 0.861 bits per heavy atom. The van der Waals surface area contributed by atoms with Crippen LogP contribution in [0.2, 0.25) is 0 Å². The van der Waals surface area contributed by atoms with Crippen molar-refractivity contribution >= 4 is 11.8 Å². The Morgan fingerprint density at radius 3 is 2.33 bits per heavy atom. The molecule has 194 valence electrons. The molecule has 0 bridgehead atoms. The van der Waals surface area contributed by atoms with Crippen LogP contribution in [-0.2, 0) is 4.79 Å². The number of nitrogens with zero attached hydrogens (tertiary/aromatic N) is 2. The van der Waals surface area contributed by atoms with E-state index < -0.39 is 0 Å². The van der Waals surface area contributed by atoms with Crippen LogP contribution in [0.25, 0.3) is 0 Å². The van der Waals surface area contributed by atoms with E-state index in [1.165, 1.54) is 6.42 Å². The van der Waals surface area contributed by atoms with E-state index in [4.69, 9.17) is 14.2 Å². The van der Waals surface area contributed by atoms with Crippen molar-refractivity contribution in [2.45, 2.75) is 39.5 Å². The molecule has 36 heavy (non-hydrogen) atoms. The third-order valence-corrected chi connectivity index (χ3v) is 6.94. The van der Waals surface area contributed by atoms with E-state index >= 15 is 0 Å². The van der Waals surface area contributed by atoms with Gasteiger partial charge in [0.2, 0.25) is 5.91 Å². The van der Waals surface area contributed by atoms with E-state index in [0.29, 0.717) is 55.9 Å². The van der Waals surface area contributed by atoms with E-state index in [0.717, 1.165) is 38.1 Å². The number of hydrogen-bond donors (Lipinski definition) is 0. The maximum atomic E-state index is 13.2. The molecule has 0 spiro atoms. The highest BCUT2D eigenvalue weighted by Gasteiger charge is 2.32. The number of hydrogen-bond acceptors (Lipinski definition) is 5. The topological polar surface area (TPSA) is 68.3 Å². The average molecular weight is 495 g/mol. The normalized spacial score (nSPS) is 18.6. The van der Waals surface area contributed by atoms with Gasteiger partial charge in [-0.15, -0.1) is 0 Å². The SMILES string of the molecule is CCOc1cc(C(=O)N2CCC(C(=O)N3CCCC(C)C3)CC2)ccc1OCCOc1ccccc1. The van der Waals surface area contributed by atoms with Gasteiger partial charge in [-0.25, -0.2) is 0 Å². The molecule has 1 unspecified atom stereocenters. The van der Waals surface area contributed by atoms with Crippen molar-refractivity contribution in [3.05, 3.63) is 54.1 Å². The summed E-state index contributed by atoms with van der Waals surface area (Å²) in [5.74, 6) is 2.76. The molecule has 2 aliphatic heterocycles. The van der Waals surface area contributed by atoms with Crippen LogP contribution in [0.4, 0.5) is 0 Å². The zero-order valence-corrected chi connectivity index (χ0v) is 21.5. The van der Waals surface area contributed by atoms with Crippen molar-refractivity contribution in [1.82, 2.24) is 9.80 Å². The fourth-order valence-corrected chi connectivity index (χ4v) is 5.02. The summed E-state index contributed by atoms with van der Waals surface area (Å²) in [5.41, 5.74) is 0.570. The number of amides is 2. The zero-order chi connectivity index (χ0) is 25.3. The predicted octanol–water partition coefficient (Wildman–Crippen LogP) is 4.65. The van der Waals surface area contributed by atoms with Gasteiger partial charge in [0.05, 0.1) is 6.61 Å². The number of carbonyl (C=O) groups is 2. The van der Waals surface area contributed by atoms with Crippen LogP contribution in [0.3, 0.4) is 0 Å². The molecule has 2 heterocycles. The second kappa shape index (κ2) is 12.7. The smallest absolute Gasteiger partial charge is 0.253 e. The summed E-state index contributed by atoms with van der Waals surface area (Å²) in [7, 11) is 0. The van der Waals surface area contributed by atoms with Gasteiger partial charge in [-0.05, 0) is 68.9 Å². The van der Waals surface area contributed by atoms with Crippen LogP contribution >= 0.6 is 0 Å². The number of para-hydroxylation sites is 1. The Kier molecular flexibility index (Phi) is 9.09. The van der Waals surface area contributed by atoms with Gasteiger partial charge in [0.1, 0.15) is 19.0 Å². The molecule has 4 rings (SSSR count). The molecule has 2 fully saturated rings. The van der Waals surface area contributed by atoms with Gasteiger partial charge in [0.25, 0.3) is 5.91 Å². The van der Waals surface area contributed by atoms with Gasteiger partial charge >= 0.3 is 0 Å². The molecule has 2 amide bonds. The summed E-state index contributed by atoms with van der Waals surface area (Å²) in [5, 5.41) is 0. The molecular formula is C29H38N2O5. The molecular weight excluding hydrogens is 456 g/mol. The molecule has 0 aromatic heterocycles. The molecule has 7 heteroatoms. The first-order valence-corrected chi connectivity index (χ1v) is 13.2. The number of piperidine rings is 2. The fraction of sp³-hybridized carbons (Fsp3) is 0.517. The first kappa shape index (κ1) is 25.9. The summed E-state index contributed by atoms with van der Waals surface area (Å²) < 4.78 is 17.3. The Hall–Kier alpha value is -3.22. The van der Waals surface area contributed by atoms with Crippen molar-refractivity contribution in [3.63, 3.8) is 0 Å². The van der Waals surface area contributed by atoms with Gasteiger partial charge in [-0.2, -0.15) is 0 Å². The van der Waals surface area contributed by atoms with Gasteiger partial charge in [0.15, 0.2) is 11.5 Å². The highest BCUT2D eigenvalue weighted by atomic mass is 16.5. The highest BCUT2D eigenvalue weighted by molar-refractivity contribution is 5.95. The van der Waals surface area contributed by atoms with Crippen LogP contribution < -0.4 is 14.2 Å². The molecule has 2 aromatic carbocycles. The zero-order valence-electron chi connectivity index (χ0n) is 21.5. The number of carbonyl (C=O) groups excluding carboxylic acids is 2. The summed E-state index contributed by atoms with van der Waals surface area (Å²) in [4.78, 5) is 30.1. The third-order valence-electron chi connectivity index (χ3n) is 6.94. The number of ether oxygens (including phenoxy) is 3. The number of benzene rings is 2. The van der Waals surface area contributed by atoms with E-state index in [1.54, 1.807) is 18.2 Å². The summed E-state index contributed by atoms with van der Waals surface area (Å²) in [6.07, 6.45) is 3.73. The lowest BCUT2D eigenvalue weighted by Gasteiger charge is -2.37. The van der Waals surface area contributed by atoms with Gasteiger partial charge in [-0.3, -0.25) is 9.59 Å². The fourth-order valence-electron chi connectivity index (χ4n) is 5.02. The molecule has 0 radical (unpaired) electrons. The molecule has 7 nitrogen and oxygen atoms in total. The van der Waals surface area contributed by atoms with Crippen molar-refractivity contribution in [2.75, 3.05) is 46.0 Å². The van der Waals surface area contributed by atoms with Crippen LogP contribution in [0.1, 0.15) is 49.9 Å². The maximum Gasteiger partial charge on any atom is 0.253 e. The molecule has 2 aromatic rings. The van der Waals surface area contributed by atoms with Crippen LogP contribution in [0.5, 0.6) is 17.2 Å². The Balaban J connectivity index is 1.30. The average Bonchev–Trinajstić information content (AvgIpc) is 2.92. The van der Waals surface area contributed by atoms with Crippen molar-refractivity contribution in [2.24, 2.45) is 11.8 Å². The minimum Gasteiger partial charge on any atom is -0.490 e. The quantitative estimate of drug-likeness (QED) is 0.475. The summed E-state index contributed by atoms with van der Waals surface area (Å²) in [6.45, 7) is 8.28. The summed E-state index contributed by atoms with van der Waals surface area (Å²) >= 11 is 0. The van der Waals surface area contributed by atoms with E-state index in [9.17, 15) is 9.59 Å². The Bertz CT molecular complexity index is 1000. The second-order valence-corrected chi connectivity index (χ2v) is 9.70. The van der Waals surface area contributed by atoms with E-state index in [-0.39, 0.29) is 17.7 Å². The minimum absolute atomic E-state index is 0.0206. The third kappa shape index (κ3) is 6.71. The predicted molar refractivity (Wildman–Crippen MR) is 139 cm³/mol. The largest absolute Gasteiger partial charge is 0.490 e. The van der Waals surface area contributed by atoms with Gasteiger partial charge in [-0.1, -0.05) is 25.1 Å². The highest BCUT2D eigenvalue weighted by Crippen LogP contribution is 2.30. The number of likely N-dealkylation sites (tertiary alicyclic amines) is 2. The lowest BCUT2D eigenvalue weighted by Crippen LogP contribution is -2.47. The van der Waals surface area contributed by atoms with Gasteiger partial charge < -0.3 is 24.0 Å². The van der Waals surface area contributed by atoms with Crippen LogP contribution in [-0.4, -0.2) is 67.6 Å². The molecule has 0 aliphatic carbocycles. The van der Waals surface area contributed by atoms with Crippen molar-refractivity contribution in [1.29, 1.82) is 0 Å². The second-order valence-electron chi connectivity index (χ2n) is 9.70. The van der Waals surface area contributed by atoms with Crippen molar-refractivity contribution in [3.8, 4) is 17.2 Å². The molecule has 0 N–H and O–H groups in total. The maximum absolute atomic E-state index is 13.2. The molecule has 2 saturated heterocycles. The monoisotopic (exact) mass is 494 g/mol. The lowest BCUT2D eigenvalue weighted by molar-refractivity contribution is -0.138. The minimum atomic E-state index is -0.0348. The van der Waals surface area contributed by atoms with Gasteiger partial charge in [0, 0.05) is 37.7 Å². The molecule has 1 atom stereocenters. The first-order chi connectivity index (χ1) is 17.5. The van der Waals surface area contributed by atoms with E-state index in [1.807, 2.05) is 47.1 Å². The standard InChI is InChI=1S/C29H38N2O5/c1-3-34-27-20-24(11-12-26(27)36-19-18-35-25-9-5-4-6-10-25)29(33)30-16-13-23(14-17-30)28(32)31-15-7-8-22(2)21-31/h4-6,9-12,20,22-23H,3,7-8,13-19,21H2,1-2H3. The Morgan fingerprint density at radius 2 is 1.61 bits per heavy atom. The Labute approximate surface area is 214 Å². The molecule has 2 aliphatic rings. The van der Waals surface area contributed by atoms with Crippen LogP contribution in [0.15, 0.2) is 48.5 Å². The van der Waals surface area contributed by atoms with Crippen molar-refractivity contribution < 1.29 is 23.8 Å². The molecule has 0 saturated carbocycles. The lowest BCUT2D eigenvalue weighted by atomic mass is 9.92.